The Hall–Kier alpha value is -1.50. The van der Waals surface area contributed by atoms with E-state index in [9.17, 15) is 12.8 Å². The topological polar surface area (TPSA) is 46.6 Å². The van der Waals surface area contributed by atoms with Crippen molar-refractivity contribution in [3.05, 3.63) is 52.3 Å². The van der Waals surface area contributed by atoms with Crippen LogP contribution in [0.15, 0.2) is 41.3 Å². The van der Waals surface area contributed by atoms with Gasteiger partial charge in [-0.25, -0.2) is 12.8 Å². The lowest BCUT2D eigenvalue weighted by Gasteiger charge is -2.24. The van der Waals surface area contributed by atoms with Crippen LogP contribution in [0.5, 0.6) is 5.75 Å². The fourth-order valence-corrected chi connectivity index (χ4v) is 4.41. The summed E-state index contributed by atoms with van der Waals surface area (Å²) in [6.07, 6.45) is 0. The van der Waals surface area contributed by atoms with Crippen molar-refractivity contribution in [3.63, 3.8) is 0 Å². The summed E-state index contributed by atoms with van der Waals surface area (Å²) in [6.45, 7) is 1.63. The van der Waals surface area contributed by atoms with Gasteiger partial charge in [0, 0.05) is 6.54 Å². The molecule has 0 aliphatic heterocycles. The number of halogens is 3. The third kappa shape index (κ3) is 3.24. The average molecular weight is 378 g/mol. The van der Waals surface area contributed by atoms with Gasteiger partial charge in [0.1, 0.15) is 21.5 Å². The van der Waals surface area contributed by atoms with Crippen molar-refractivity contribution in [2.75, 3.05) is 18.0 Å². The Labute approximate surface area is 144 Å². The highest BCUT2D eigenvalue weighted by molar-refractivity contribution is 7.93. The van der Waals surface area contributed by atoms with Crippen molar-refractivity contribution in [2.24, 2.45) is 0 Å². The molecule has 4 nitrogen and oxygen atoms in total. The van der Waals surface area contributed by atoms with Gasteiger partial charge in [-0.1, -0.05) is 35.3 Å². The predicted molar refractivity (Wildman–Crippen MR) is 89.6 cm³/mol. The Morgan fingerprint density at radius 1 is 1.13 bits per heavy atom. The molecule has 2 aromatic carbocycles. The molecule has 0 bridgehead atoms. The van der Waals surface area contributed by atoms with Crippen LogP contribution in [0.3, 0.4) is 0 Å². The summed E-state index contributed by atoms with van der Waals surface area (Å²) >= 11 is 12.1. The van der Waals surface area contributed by atoms with E-state index in [1.54, 1.807) is 13.0 Å². The zero-order chi connectivity index (χ0) is 17.2. The van der Waals surface area contributed by atoms with E-state index in [4.69, 9.17) is 27.9 Å². The predicted octanol–water partition coefficient (Wildman–Crippen LogP) is 4.36. The van der Waals surface area contributed by atoms with Crippen LogP contribution in [-0.2, 0) is 10.0 Å². The first-order chi connectivity index (χ1) is 10.8. The summed E-state index contributed by atoms with van der Waals surface area (Å²) < 4.78 is 45.7. The van der Waals surface area contributed by atoms with E-state index in [1.165, 1.54) is 37.4 Å². The Kier molecular flexibility index (Phi) is 5.39. The summed E-state index contributed by atoms with van der Waals surface area (Å²) in [6, 6.07) is 8.30. The van der Waals surface area contributed by atoms with Gasteiger partial charge in [-0.3, -0.25) is 4.31 Å². The number of benzene rings is 2. The molecule has 0 amide bonds. The molecular formula is C15H14Cl2FNO3S. The molecule has 0 saturated heterocycles. The number of methoxy groups -OCH3 is 1. The van der Waals surface area contributed by atoms with Crippen LogP contribution in [-0.4, -0.2) is 22.1 Å². The van der Waals surface area contributed by atoms with Crippen molar-refractivity contribution in [1.29, 1.82) is 0 Å². The van der Waals surface area contributed by atoms with Crippen LogP contribution < -0.4 is 9.04 Å². The zero-order valence-electron chi connectivity index (χ0n) is 12.4. The lowest BCUT2D eigenvalue weighted by Crippen LogP contribution is -2.31. The number of hydrogen-bond donors (Lipinski definition) is 0. The number of anilines is 1. The monoisotopic (exact) mass is 377 g/mol. The fraction of sp³-hybridized carbons (Fsp3) is 0.200. The van der Waals surface area contributed by atoms with Gasteiger partial charge in [-0.2, -0.15) is 0 Å². The maximum absolute atomic E-state index is 14.0. The lowest BCUT2D eigenvalue weighted by atomic mass is 10.3. The van der Waals surface area contributed by atoms with Crippen LogP contribution in [0.25, 0.3) is 0 Å². The SMILES string of the molecule is CCN(c1ccccc1F)S(=O)(=O)c1ccc(OC)c(Cl)c1Cl. The quantitative estimate of drug-likeness (QED) is 0.777. The van der Waals surface area contributed by atoms with Gasteiger partial charge < -0.3 is 4.74 Å². The van der Waals surface area contributed by atoms with Crippen molar-refractivity contribution < 1.29 is 17.5 Å². The van der Waals surface area contributed by atoms with Crippen molar-refractivity contribution >= 4 is 38.9 Å². The molecule has 2 aromatic rings. The van der Waals surface area contributed by atoms with E-state index in [0.29, 0.717) is 0 Å². The van der Waals surface area contributed by atoms with E-state index in [2.05, 4.69) is 0 Å². The first-order valence-corrected chi connectivity index (χ1v) is 8.83. The van der Waals surface area contributed by atoms with Crippen LogP contribution in [0, 0.1) is 5.82 Å². The summed E-state index contributed by atoms with van der Waals surface area (Å²) in [5.74, 6) is -0.391. The van der Waals surface area contributed by atoms with E-state index in [1.807, 2.05) is 0 Å². The minimum atomic E-state index is -4.08. The molecule has 8 heteroatoms. The third-order valence-electron chi connectivity index (χ3n) is 3.21. The second-order valence-electron chi connectivity index (χ2n) is 4.52. The molecule has 0 radical (unpaired) electrons. The molecule has 0 aromatic heterocycles. The molecule has 0 fully saturated rings. The number of sulfonamides is 1. The van der Waals surface area contributed by atoms with Gasteiger partial charge in [0.05, 0.1) is 17.8 Å². The normalized spacial score (nSPS) is 11.3. The van der Waals surface area contributed by atoms with Crippen LogP contribution >= 0.6 is 23.2 Å². The molecule has 0 N–H and O–H groups in total. The maximum Gasteiger partial charge on any atom is 0.265 e. The second kappa shape index (κ2) is 6.95. The summed E-state index contributed by atoms with van der Waals surface area (Å²) in [5.41, 5.74) is -0.0574. The first kappa shape index (κ1) is 17.8. The first-order valence-electron chi connectivity index (χ1n) is 6.63. The standard InChI is InChI=1S/C15H14Cl2FNO3S/c1-3-19(11-7-5-4-6-10(11)18)23(20,21)13-9-8-12(22-2)14(16)15(13)17/h4-9H,3H2,1-2H3. The minimum Gasteiger partial charge on any atom is -0.495 e. The minimum absolute atomic E-state index is 0.0140. The van der Waals surface area contributed by atoms with Crippen LogP contribution in [0.1, 0.15) is 6.92 Å². The van der Waals surface area contributed by atoms with E-state index >= 15 is 0 Å². The van der Waals surface area contributed by atoms with E-state index < -0.39 is 15.8 Å². The van der Waals surface area contributed by atoms with Crippen LogP contribution in [0.4, 0.5) is 10.1 Å². The van der Waals surface area contributed by atoms with Crippen molar-refractivity contribution in [2.45, 2.75) is 11.8 Å². The second-order valence-corrected chi connectivity index (χ2v) is 7.10. The molecule has 0 spiro atoms. The molecule has 0 unspecified atom stereocenters. The van der Waals surface area contributed by atoms with Gasteiger partial charge in [-0.15, -0.1) is 0 Å². The van der Waals surface area contributed by atoms with Gasteiger partial charge in [-0.05, 0) is 31.2 Å². The number of rotatable bonds is 5. The van der Waals surface area contributed by atoms with Gasteiger partial charge >= 0.3 is 0 Å². The maximum atomic E-state index is 14.0. The third-order valence-corrected chi connectivity index (χ3v) is 6.12. The van der Waals surface area contributed by atoms with Crippen molar-refractivity contribution in [3.8, 4) is 5.75 Å². The number of hydrogen-bond acceptors (Lipinski definition) is 3. The largest absolute Gasteiger partial charge is 0.495 e. The summed E-state index contributed by atoms with van der Waals surface area (Å²) in [4.78, 5) is -0.213. The molecule has 0 aliphatic rings. The van der Waals surface area contributed by atoms with Crippen LogP contribution in [0.2, 0.25) is 10.0 Å². The Morgan fingerprint density at radius 2 is 1.78 bits per heavy atom. The Morgan fingerprint density at radius 3 is 2.35 bits per heavy atom. The molecule has 0 atom stereocenters. The summed E-state index contributed by atoms with van der Waals surface area (Å²) in [7, 11) is -2.69. The molecule has 23 heavy (non-hydrogen) atoms. The molecule has 0 heterocycles. The average Bonchev–Trinajstić information content (AvgIpc) is 2.52. The fourth-order valence-electron chi connectivity index (χ4n) is 2.11. The lowest BCUT2D eigenvalue weighted by molar-refractivity contribution is 0.414. The van der Waals surface area contributed by atoms with Gasteiger partial charge in [0.25, 0.3) is 10.0 Å². The Bertz CT molecular complexity index is 827. The van der Waals surface area contributed by atoms with E-state index in [-0.39, 0.29) is 32.9 Å². The van der Waals surface area contributed by atoms with Gasteiger partial charge in [0.15, 0.2) is 0 Å². The molecular weight excluding hydrogens is 364 g/mol. The highest BCUT2D eigenvalue weighted by Gasteiger charge is 2.29. The number of para-hydroxylation sites is 1. The van der Waals surface area contributed by atoms with E-state index in [0.717, 1.165) is 4.31 Å². The number of nitrogens with zero attached hydrogens (tertiary/aromatic N) is 1. The summed E-state index contributed by atoms with van der Waals surface area (Å²) in [5, 5.41) is -0.180. The highest BCUT2D eigenvalue weighted by atomic mass is 35.5. The zero-order valence-corrected chi connectivity index (χ0v) is 14.7. The molecule has 124 valence electrons. The molecule has 0 saturated carbocycles. The Balaban J connectivity index is 2.61. The molecule has 0 aliphatic carbocycles. The van der Waals surface area contributed by atoms with Crippen molar-refractivity contribution in [1.82, 2.24) is 0 Å². The molecule has 2 rings (SSSR count). The van der Waals surface area contributed by atoms with Gasteiger partial charge in [0.2, 0.25) is 0 Å². The highest BCUT2D eigenvalue weighted by Crippen LogP contribution is 2.38. The number of ether oxygens (including phenoxy) is 1. The smallest absolute Gasteiger partial charge is 0.265 e.